The van der Waals surface area contributed by atoms with Crippen molar-refractivity contribution in [2.45, 2.75) is 30.8 Å². The second kappa shape index (κ2) is 5.39. The number of nitrogens with zero attached hydrogens (tertiary/aromatic N) is 2. The molecule has 1 unspecified atom stereocenters. The van der Waals surface area contributed by atoms with Crippen LogP contribution in [0.25, 0.3) is 0 Å². The molecule has 19 heavy (non-hydrogen) atoms. The molecule has 1 aromatic heterocycles. The van der Waals surface area contributed by atoms with Crippen molar-refractivity contribution < 1.29 is 0 Å². The summed E-state index contributed by atoms with van der Waals surface area (Å²) >= 11 is 1.96. The predicted octanol–water partition coefficient (Wildman–Crippen LogP) is 3.06. The number of thioether (sulfide) groups is 1. The van der Waals surface area contributed by atoms with E-state index in [9.17, 15) is 0 Å². The van der Waals surface area contributed by atoms with Gasteiger partial charge in [-0.1, -0.05) is 18.2 Å². The largest absolute Gasteiger partial charge is 0.306 e. The molecule has 1 aliphatic rings. The molecule has 3 rings (SSSR count). The van der Waals surface area contributed by atoms with Crippen molar-refractivity contribution in [2.75, 3.05) is 5.75 Å². The summed E-state index contributed by atoms with van der Waals surface area (Å²) in [5, 5.41) is 8.07. The molecule has 0 radical (unpaired) electrons. The third-order valence-electron chi connectivity index (χ3n) is 3.61. The molecule has 1 aliphatic heterocycles. The van der Waals surface area contributed by atoms with Crippen LogP contribution in [0, 0.1) is 6.92 Å². The SMILES string of the molecule is Cc1nn(C)cc1CNC1CCSc2ccccc21. The fraction of sp³-hybridized carbons (Fsp3) is 0.400. The number of rotatable bonds is 3. The Morgan fingerprint density at radius 2 is 2.26 bits per heavy atom. The van der Waals surface area contributed by atoms with E-state index in [0.717, 1.165) is 12.2 Å². The van der Waals surface area contributed by atoms with E-state index < -0.39 is 0 Å². The first-order chi connectivity index (χ1) is 9.24. The number of aromatic nitrogens is 2. The van der Waals surface area contributed by atoms with E-state index in [1.165, 1.54) is 28.2 Å². The average Bonchev–Trinajstić information content (AvgIpc) is 2.74. The number of nitrogens with one attached hydrogen (secondary N) is 1. The Labute approximate surface area is 118 Å². The zero-order valence-corrected chi connectivity index (χ0v) is 12.2. The number of fused-ring (bicyclic) bond motifs is 1. The summed E-state index contributed by atoms with van der Waals surface area (Å²) in [6.07, 6.45) is 3.30. The van der Waals surface area contributed by atoms with Gasteiger partial charge in [0.15, 0.2) is 0 Å². The fourth-order valence-corrected chi connectivity index (χ4v) is 3.73. The molecule has 4 heteroatoms. The van der Waals surface area contributed by atoms with Crippen molar-refractivity contribution in [3.05, 3.63) is 47.3 Å². The van der Waals surface area contributed by atoms with Gasteiger partial charge in [-0.15, -0.1) is 11.8 Å². The third-order valence-corrected chi connectivity index (χ3v) is 4.74. The highest BCUT2D eigenvalue weighted by atomic mass is 32.2. The average molecular weight is 273 g/mol. The smallest absolute Gasteiger partial charge is 0.0638 e. The molecule has 3 nitrogen and oxygen atoms in total. The maximum atomic E-state index is 4.39. The summed E-state index contributed by atoms with van der Waals surface area (Å²) in [5.74, 6) is 1.20. The Morgan fingerprint density at radius 3 is 3.05 bits per heavy atom. The summed E-state index contributed by atoms with van der Waals surface area (Å²) in [6.45, 7) is 2.96. The van der Waals surface area contributed by atoms with Crippen LogP contribution in [0.5, 0.6) is 0 Å². The van der Waals surface area contributed by atoms with E-state index in [1.807, 2.05) is 23.5 Å². The molecule has 0 bridgehead atoms. The molecule has 1 aromatic carbocycles. The van der Waals surface area contributed by atoms with Crippen LogP contribution >= 0.6 is 11.8 Å². The van der Waals surface area contributed by atoms with E-state index in [4.69, 9.17) is 0 Å². The van der Waals surface area contributed by atoms with Gasteiger partial charge in [0, 0.05) is 36.3 Å². The fourth-order valence-electron chi connectivity index (χ4n) is 2.61. The van der Waals surface area contributed by atoms with Crippen LogP contribution in [0.3, 0.4) is 0 Å². The van der Waals surface area contributed by atoms with Crippen molar-refractivity contribution in [2.24, 2.45) is 7.05 Å². The van der Waals surface area contributed by atoms with Gasteiger partial charge in [0.25, 0.3) is 0 Å². The molecule has 0 aliphatic carbocycles. The van der Waals surface area contributed by atoms with Crippen molar-refractivity contribution in [3.8, 4) is 0 Å². The summed E-state index contributed by atoms with van der Waals surface area (Å²) in [5.41, 5.74) is 3.85. The summed E-state index contributed by atoms with van der Waals surface area (Å²) in [6, 6.07) is 9.20. The normalized spacial score (nSPS) is 18.3. The number of aryl methyl sites for hydroxylation is 2. The summed E-state index contributed by atoms with van der Waals surface area (Å²) < 4.78 is 1.89. The Balaban J connectivity index is 1.73. The van der Waals surface area contributed by atoms with E-state index in [-0.39, 0.29) is 0 Å². The van der Waals surface area contributed by atoms with Gasteiger partial charge in [-0.25, -0.2) is 0 Å². The van der Waals surface area contributed by atoms with E-state index in [2.05, 4.69) is 47.8 Å². The van der Waals surface area contributed by atoms with Gasteiger partial charge in [0.1, 0.15) is 0 Å². The van der Waals surface area contributed by atoms with E-state index in [0.29, 0.717) is 6.04 Å². The molecule has 0 saturated heterocycles. The summed E-state index contributed by atoms with van der Waals surface area (Å²) in [7, 11) is 1.98. The van der Waals surface area contributed by atoms with Crippen molar-refractivity contribution >= 4 is 11.8 Å². The minimum absolute atomic E-state index is 0.469. The van der Waals surface area contributed by atoms with Gasteiger partial charge in [-0.05, 0) is 30.7 Å². The van der Waals surface area contributed by atoms with Crippen LogP contribution < -0.4 is 5.32 Å². The Kier molecular flexibility index (Phi) is 3.62. The highest BCUT2D eigenvalue weighted by molar-refractivity contribution is 7.99. The van der Waals surface area contributed by atoms with Gasteiger partial charge < -0.3 is 5.32 Å². The molecular weight excluding hydrogens is 254 g/mol. The molecule has 1 atom stereocenters. The number of hydrogen-bond donors (Lipinski definition) is 1. The zero-order valence-electron chi connectivity index (χ0n) is 11.4. The maximum Gasteiger partial charge on any atom is 0.0638 e. The van der Waals surface area contributed by atoms with Gasteiger partial charge in [0.05, 0.1) is 5.69 Å². The molecule has 0 spiro atoms. The molecule has 0 saturated carbocycles. The van der Waals surface area contributed by atoms with Crippen molar-refractivity contribution in [1.29, 1.82) is 0 Å². The van der Waals surface area contributed by atoms with Crippen LogP contribution in [0.2, 0.25) is 0 Å². The van der Waals surface area contributed by atoms with Crippen LogP contribution in [-0.2, 0) is 13.6 Å². The van der Waals surface area contributed by atoms with Gasteiger partial charge in [-0.2, -0.15) is 5.10 Å². The molecule has 1 N–H and O–H groups in total. The molecule has 0 amide bonds. The minimum Gasteiger partial charge on any atom is -0.306 e. The zero-order chi connectivity index (χ0) is 13.2. The lowest BCUT2D eigenvalue weighted by molar-refractivity contribution is 0.509. The van der Waals surface area contributed by atoms with Gasteiger partial charge in [0.2, 0.25) is 0 Å². The standard InChI is InChI=1S/C15H19N3S/c1-11-12(10-18(2)17-11)9-16-14-7-8-19-15-6-4-3-5-13(14)15/h3-6,10,14,16H,7-9H2,1-2H3. The third kappa shape index (κ3) is 2.69. The van der Waals surface area contributed by atoms with Crippen LogP contribution in [0.4, 0.5) is 0 Å². The first kappa shape index (κ1) is 12.8. The van der Waals surface area contributed by atoms with Crippen LogP contribution in [-0.4, -0.2) is 15.5 Å². The molecule has 0 fully saturated rings. The molecule has 100 valence electrons. The second-order valence-electron chi connectivity index (χ2n) is 5.02. The monoisotopic (exact) mass is 273 g/mol. The molecule has 2 aromatic rings. The first-order valence-corrected chi connectivity index (χ1v) is 7.67. The lowest BCUT2D eigenvalue weighted by atomic mass is 10.0. The van der Waals surface area contributed by atoms with Gasteiger partial charge in [-0.3, -0.25) is 4.68 Å². The topological polar surface area (TPSA) is 29.9 Å². The number of benzene rings is 1. The first-order valence-electron chi connectivity index (χ1n) is 6.68. The minimum atomic E-state index is 0.469. The lowest BCUT2D eigenvalue weighted by Crippen LogP contribution is -2.24. The predicted molar refractivity (Wildman–Crippen MR) is 79.3 cm³/mol. The highest BCUT2D eigenvalue weighted by Crippen LogP contribution is 2.35. The van der Waals surface area contributed by atoms with Crippen LogP contribution in [0.15, 0.2) is 35.4 Å². The van der Waals surface area contributed by atoms with Gasteiger partial charge >= 0.3 is 0 Å². The van der Waals surface area contributed by atoms with E-state index in [1.54, 1.807) is 0 Å². The van der Waals surface area contributed by atoms with E-state index >= 15 is 0 Å². The van der Waals surface area contributed by atoms with Crippen molar-refractivity contribution in [1.82, 2.24) is 15.1 Å². The maximum absolute atomic E-state index is 4.39. The second-order valence-corrected chi connectivity index (χ2v) is 6.16. The quantitative estimate of drug-likeness (QED) is 0.932. The molecule has 2 heterocycles. The Morgan fingerprint density at radius 1 is 1.42 bits per heavy atom. The number of hydrogen-bond acceptors (Lipinski definition) is 3. The Bertz CT molecular complexity index is 577. The molecular formula is C15H19N3S. The Hall–Kier alpha value is -1.26. The summed E-state index contributed by atoms with van der Waals surface area (Å²) in [4.78, 5) is 1.43. The highest BCUT2D eigenvalue weighted by Gasteiger charge is 2.19. The van der Waals surface area contributed by atoms with Crippen molar-refractivity contribution in [3.63, 3.8) is 0 Å². The van der Waals surface area contributed by atoms with Crippen LogP contribution in [0.1, 0.15) is 29.3 Å². The lowest BCUT2D eigenvalue weighted by Gasteiger charge is -2.25.